The molecule has 4 nitrogen and oxygen atoms in total. The Morgan fingerprint density at radius 2 is 1.59 bits per heavy atom. The summed E-state index contributed by atoms with van der Waals surface area (Å²) >= 11 is 6.22. The van der Waals surface area contributed by atoms with Crippen molar-refractivity contribution in [2.24, 2.45) is 0 Å². The lowest BCUT2D eigenvalue weighted by Gasteiger charge is -2.20. The molecule has 4 rings (SSSR count). The molecule has 1 saturated heterocycles. The molecule has 0 spiro atoms. The van der Waals surface area contributed by atoms with Crippen LogP contribution in [-0.4, -0.2) is 34.7 Å². The summed E-state index contributed by atoms with van der Waals surface area (Å²) in [6.07, 6.45) is 1.96. The highest BCUT2D eigenvalue weighted by Crippen LogP contribution is 2.34. The summed E-state index contributed by atoms with van der Waals surface area (Å²) in [6.45, 7) is 1.58. The number of carbonyl (C=O) groups excluding carboxylic acids is 2. The molecule has 0 bridgehead atoms. The molecule has 0 N–H and O–H groups in total. The van der Waals surface area contributed by atoms with Crippen LogP contribution in [0.15, 0.2) is 54.2 Å². The molecule has 0 atom stereocenters. The Hall–Kier alpha value is -2.66. The lowest BCUT2D eigenvalue weighted by molar-refractivity contribution is -0.138. The largest absolute Gasteiger partial charge is 0.366 e. The van der Waals surface area contributed by atoms with Crippen LogP contribution in [-0.2, 0) is 16.1 Å². The number of likely N-dealkylation sites (tertiary alicyclic amines) is 1. The zero-order valence-corrected chi connectivity index (χ0v) is 15.4. The lowest BCUT2D eigenvalue weighted by atomic mass is 10.0. The van der Waals surface area contributed by atoms with E-state index in [4.69, 9.17) is 11.6 Å². The maximum Gasteiger partial charge on any atom is 0.278 e. The van der Waals surface area contributed by atoms with Gasteiger partial charge in [-0.2, -0.15) is 0 Å². The predicted octanol–water partition coefficient (Wildman–Crippen LogP) is 3.86. The summed E-state index contributed by atoms with van der Waals surface area (Å²) in [5.41, 5.74) is 2.02. The summed E-state index contributed by atoms with van der Waals surface area (Å²) in [5.74, 6) is -1.07. The van der Waals surface area contributed by atoms with Crippen LogP contribution in [0, 0.1) is 5.82 Å². The van der Waals surface area contributed by atoms with E-state index in [1.54, 1.807) is 30.3 Å². The van der Waals surface area contributed by atoms with Crippen molar-refractivity contribution >= 4 is 29.0 Å². The molecule has 2 heterocycles. The Labute approximate surface area is 161 Å². The van der Waals surface area contributed by atoms with Crippen LogP contribution < -0.4 is 0 Å². The molecule has 0 aromatic heterocycles. The van der Waals surface area contributed by atoms with Crippen molar-refractivity contribution in [3.63, 3.8) is 0 Å². The molecule has 0 radical (unpaired) electrons. The number of benzene rings is 2. The second kappa shape index (κ2) is 7.16. The molecule has 138 valence electrons. The zero-order valence-electron chi connectivity index (χ0n) is 14.6. The Morgan fingerprint density at radius 1 is 0.926 bits per heavy atom. The fourth-order valence-electron chi connectivity index (χ4n) is 3.61. The van der Waals surface area contributed by atoms with E-state index in [0.29, 0.717) is 27.4 Å². The molecular weight excluding hydrogens is 367 g/mol. The molecule has 0 unspecified atom stereocenters. The van der Waals surface area contributed by atoms with Gasteiger partial charge in [-0.25, -0.2) is 4.39 Å². The number of carbonyl (C=O) groups is 2. The third kappa shape index (κ3) is 3.23. The predicted molar refractivity (Wildman–Crippen MR) is 101 cm³/mol. The van der Waals surface area contributed by atoms with Crippen LogP contribution in [0.2, 0.25) is 5.02 Å². The van der Waals surface area contributed by atoms with Gasteiger partial charge in [0.25, 0.3) is 11.8 Å². The third-order valence-corrected chi connectivity index (χ3v) is 5.35. The second-order valence-corrected chi connectivity index (χ2v) is 7.12. The minimum Gasteiger partial charge on any atom is -0.366 e. The fourth-order valence-corrected chi connectivity index (χ4v) is 3.81. The van der Waals surface area contributed by atoms with Crippen LogP contribution in [0.5, 0.6) is 0 Å². The average Bonchev–Trinajstić information content (AvgIpc) is 3.26. The highest BCUT2D eigenvalue weighted by Gasteiger charge is 2.42. The molecular formula is C21H18ClFN2O2. The first kappa shape index (κ1) is 17.7. The van der Waals surface area contributed by atoms with Gasteiger partial charge in [0.1, 0.15) is 11.5 Å². The molecule has 6 heteroatoms. The fraction of sp³-hybridized carbons (Fsp3) is 0.238. The summed E-state index contributed by atoms with van der Waals surface area (Å²) in [5, 5.41) is 0.510. The number of hydrogen-bond donors (Lipinski definition) is 0. The molecule has 2 aromatic carbocycles. The quantitative estimate of drug-likeness (QED) is 0.752. The van der Waals surface area contributed by atoms with Crippen molar-refractivity contribution in [2.45, 2.75) is 19.4 Å². The second-order valence-electron chi connectivity index (χ2n) is 6.71. The van der Waals surface area contributed by atoms with Crippen LogP contribution in [0.25, 0.3) is 5.57 Å². The van der Waals surface area contributed by atoms with Gasteiger partial charge in [0.2, 0.25) is 0 Å². The number of amides is 2. The molecule has 2 aliphatic rings. The molecule has 2 amide bonds. The number of halogens is 2. The molecule has 1 fully saturated rings. The number of hydrogen-bond acceptors (Lipinski definition) is 3. The van der Waals surface area contributed by atoms with E-state index in [2.05, 4.69) is 0 Å². The van der Waals surface area contributed by atoms with Crippen LogP contribution in [0.1, 0.15) is 24.0 Å². The van der Waals surface area contributed by atoms with Gasteiger partial charge in [0.05, 0.1) is 12.1 Å². The molecule has 27 heavy (non-hydrogen) atoms. The SMILES string of the molecule is O=C1C(c2ccc(F)cc2)=C(N2CCCC2)C(=O)N1Cc1ccccc1Cl. The minimum absolute atomic E-state index is 0.110. The van der Waals surface area contributed by atoms with E-state index in [1.807, 2.05) is 11.0 Å². The zero-order chi connectivity index (χ0) is 19.0. The van der Waals surface area contributed by atoms with Gasteiger partial charge in [-0.3, -0.25) is 14.5 Å². The first-order valence-electron chi connectivity index (χ1n) is 8.91. The Morgan fingerprint density at radius 3 is 2.26 bits per heavy atom. The standard InChI is InChI=1S/C21H18ClFN2O2/c22-17-6-2-1-5-15(17)13-25-20(26)18(14-7-9-16(23)10-8-14)19(21(25)27)24-11-3-4-12-24/h1-2,5-10H,3-4,11-13H2. The lowest BCUT2D eigenvalue weighted by Crippen LogP contribution is -2.34. The van der Waals surface area contributed by atoms with E-state index in [-0.39, 0.29) is 24.2 Å². The van der Waals surface area contributed by atoms with Crippen molar-refractivity contribution in [3.8, 4) is 0 Å². The number of imide groups is 1. The first-order valence-corrected chi connectivity index (χ1v) is 9.29. The van der Waals surface area contributed by atoms with Gasteiger partial charge >= 0.3 is 0 Å². The topological polar surface area (TPSA) is 40.6 Å². The molecule has 0 aliphatic carbocycles. The Balaban J connectivity index is 1.75. The van der Waals surface area contributed by atoms with Crippen LogP contribution in [0.3, 0.4) is 0 Å². The van der Waals surface area contributed by atoms with E-state index in [9.17, 15) is 14.0 Å². The van der Waals surface area contributed by atoms with Crippen LogP contribution in [0.4, 0.5) is 4.39 Å². The number of rotatable bonds is 4. The van der Waals surface area contributed by atoms with Crippen molar-refractivity contribution in [3.05, 3.63) is 76.2 Å². The normalized spacial score (nSPS) is 17.4. The molecule has 0 saturated carbocycles. The van der Waals surface area contributed by atoms with E-state index < -0.39 is 0 Å². The smallest absolute Gasteiger partial charge is 0.278 e. The summed E-state index contributed by atoms with van der Waals surface area (Å²) in [7, 11) is 0. The monoisotopic (exact) mass is 384 g/mol. The van der Waals surface area contributed by atoms with Gasteiger partial charge in [-0.1, -0.05) is 41.9 Å². The minimum atomic E-state index is -0.383. The van der Waals surface area contributed by atoms with Gasteiger partial charge in [-0.15, -0.1) is 0 Å². The highest BCUT2D eigenvalue weighted by atomic mass is 35.5. The Bertz CT molecular complexity index is 933. The van der Waals surface area contributed by atoms with E-state index in [1.165, 1.54) is 17.0 Å². The summed E-state index contributed by atoms with van der Waals surface area (Å²) < 4.78 is 13.4. The van der Waals surface area contributed by atoms with Crippen molar-refractivity contribution < 1.29 is 14.0 Å². The third-order valence-electron chi connectivity index (χ3n) is 4.99. The molecule has 2 aliphatic heterocycles. The summed E-state index contributed by atoms with van der Waals surface area (Å²) in [4.78, 5) is 29.5. The first-order chi connectivity index (χ1) is 13.1. The van der Waals surface area contributed by atoms with E-state index in [0.717, 1.165) is 25.9 Å². The van der Waals surface area contributed by atoms with Crippen LogP contribution >= 0.6 is 11.6 Å². The van der Waals surface area contributed by atoms with Gasteiger partial charge in [0.15, 0.2) is 0 Å². The van der Waals surface area contributed by atoms with Crippen molar-refractivity contribution in [1.29, 1.82) is 0 Å². The Kier molecular flexibility index (Phi) is 4.70. The maximum absolute atomic E-state index is 13.4. The van der Waals surface area contributed by atoms with Gasteiger partial charge in [-0.05, 0) is 42.2 Å². The van der Waals surface area contributed by atoms with Gasteiger partial charge in [0, 0.05) is 18.1 Å². The van der Waals surface area contributed by atoms with Gasteiger partial charge < -0.3 is 4.90 Å². The average molecular weight is 385 g/mol. The maximum atomic E-state index is 13.4. The molecule has 2 aromatic rings. The van der Waals surface area contributed by atoms with E-state index >= 15 is 0 Å². The van der Waals surface area contributed by atoms with Crippen molar-refractivity contribution in [2.75, 3.05) is 13.1 Å². The van der Waals surface area contributed by atoms with Crippen molar-refractivity contribution in [1.82, 2.24) is 9.80 Å². The number of nitrogens with zero attached hydrogens (tertiary/aromatic N) is 2. The summed E-state index contributed by atoms with van der Waals surface area (Å²) in [6, 6.07) is 12.9. The highest BCUT2D eigenvalue weighted by molar-refractivity contribution is 6.35.